The van der Waals surface area contributed by atoms with E-state index in [4.69, 9.17) is 5.73 Å². The van der Waals surface area contributed by atoms with Gasteiger partial charge in [0.2, 0.25) is 11.8 Å². The second-order valence-electron chi connectivity index (χ2n) is 10.8. The number of hydrogen-bond donors (Lipinski definition) is 3. The largest absolute Gasteiger partial charge is 0.395 e. The fourth-order valence-corrected chi connectivity index (χ4v) is 5.69. The molecule has 0 aliphatic heterocycles. The Morgan fingerprint density at radius 3 is 2.12 bits per heavy atom. The average Bonchev–Trinajstić information content (AvgIpc) is 3.02. The summed E-state index contributed by atoms with van der Waals surface area (Å²) in [7, 11) is 0. The van der Waals surface area contributed by atoms with Crippen LogP contribution < -0.4 is 16.0 Å². The zero-order valence-electron chi connectivity index (χ0n) is 24.2. The summed E-state index contributed by atoms with van der Waals surface area (Å²) in [6.45, 7) is 2.45. The first-order valence-corrected chi connectivity index (χ1v) is 14.6. The third kappa shape index (κ3) is 7.95. The Bertz CT molecular complexity index is 1380. The highest BCUT2D eigenvalue weighted by atomic mass is 19.1. The maximum Gasteiger partial charge on any atom is 0.324 e. The number of benzene rings is 3. The fraction of sp³-hybridized carbons (Fsp3) is 0.364. The number of aliphatic hydroxyl groups is 1. The van der Waals surface area contributed by atoms with E-state index in [1.165, 1.54) is 41.3 Å². The molecule has 43 heavy (non-hydrogen) atoms. The monoisotopic (exact) mass is 592 g/mol. The summed E-state index contributed by atoms with van der Waals surface area (Å²) in [5.41, 5.74) is 8.34. The van der Waals surface area contributed by atoms with Crippen molar-refractivity contribution in [2.75, 3.05) is 24.6 Å². The number of nitrogens with one attached hydrogen (secondary N) is 1. The number of anilines is 1. The number of hydrogen-bond acceptors (Lipinski definition) is 4. The van der Waals surface area contributed by atoms with Gasteiger partial charge in [-0.2, -0.15) is 0 Å². The predicted octanol–water partition coefficient (Wildman–Crippen LogP) is 5.02. The minimum absolute atomic E-state index is 0.0838. The van der Waals surface area contributed by atoms with Gasteiger partial charge in [0.15, 0.2) is 0 Å². The van der Waals surface area contributed by atoms with Crippen LogP contribution in [0.4, 0.5) is 19.3 Å². The molecule has 3 atom stereocenters. The Labute approximate surface area is 250 Å². The molecule has 1 aliphatic rings. The first kappa shape index (κ1) is 31.6. The number of urea groups is 1. The number of halogens is 2. The molecular weight excluding hydrogens is 554 g/mol. The van der Waals surface area contributed by atoms with Gasteiger partial charge >= 0.3 is 6.03 Å². The molecule has 0 heterocycles. The third-order valence-corrected chi connectivity index (χ3v) is 8.02. The van der Waals surface area contributed by atoms with E-state index in [1.54, 1.807) is 17.0 Å². The Balaban J connectivity index is 1.52. The molecule has 4 rings (SSSR count). The van der Waals surface area contributed by atoms with Crippen LogP contribution in [0.2, 0.25) is 0 Å². The van der Waals surface area contributed by atoms with E-state index in [9.17, 15) is 28.3 Å². The van der Waals surface area contributed by atoms with Gasteiger partial charge in [0.05, 0.1) is 13.2 Å². The molecule has 4 N–H and O–H groups in total. The van der Waals surface area contributed by atoms with Gasteiger partial charge in [0.25, 0.3) is 0 Å². The third-order valence-electron chi connectivity index (χ3n) is 8.02. The first-order chi connectivity index (χ1) is 20.7. The maximum absolute atomic E-state index is 13.6. The van der Waals surface area contributed by atoms with Crippen molar-refractivity contribution in [2.45, 2.75) is 51.1 Å². The lowest BCUT2D eigenvalue weighted by Gasteiger charge is -2.32. The van der Waals surface area contributed by atoms with Gasteiger partial charge in [0, 0.05) is 24.7 Å². The zero-order valence-corrected chi connectivity index (χ0v) is 24.2. The summed E-state index contributed by atoms with van der Waals surface area (Å²) in [5, 5.41) is 12.2. The first-order valence-electron chi connectivity index (χ1n) is 14.6. The van der Waals surface area contributed by atoms with Crippen LogP contribution in [0, 0.1) is 17.6 Å². The number of likely N-dealkylation sites (N-methyl/N-ethyl adjacent to an activating group) is 1. The number of aliphatic hydroxyl groups excluding tert-OH is 1. The van der Waals surface area contributed by atoms with Crippen LogP contribution in [0.5, 0.6) is 0 Å². The molecule has 3 aromatic carbocycles. The van der Waals surface area contributed by atoms with Gasteiger partial charge in [-0.25, -0.2) is 13.6 Å². The minimum atomic E-state index is -1.07. The summed E-state index contributed by atoms with van der Waals surface area (Å²) in [6, 6.07) is 17.4. The van der Waals surface area contributed by atoms with Gasteiger partial charge < -0.3 is 21.1 Å². The van der Waals surface area contributed by atoms with Crippen LogP contribution in [-0.2, 0) is 16.1 Å². The quantitative estimate of drug-likeness (QED) is 0.290. The molecule has 1 unspecified atom stereocenters. The van der Waals surface area contributed by atoms with Crippen LogP contribution in [0.3, 0.4) is 0 Å². The van der Waals surface area contributed by atoms with Crippen molar-refractivity contribution in [3.8, 4) is 0 Å². The maximum atomic E-state index is 13.6. The van der Waals surface area contributed by atoms with E-state index >= 15 is 0 Å². The lowest BCUT2D eigenvalue weighted by Crippen LogP contribution is -2.44. The zero-order chi connectivity index (χ0) is 30.9. The molecule has 0 saturated heterocycles. The smallest absolute Gasteiger partial charge is 0.324 e. The van der Waals surface area contributed by atoms with E-state index in [-0.39, 0.29) is 43.5 Å². The average molecular weight is 593 g/mol. The van der Waals surface area contributed by atoms with E-state index in [0.29, 0.717) is 24.2 Å². The van der Waals surface area contributed by atoms with Crippen molar-refractivity contribution >= 4 is 23.5 Å². The van der Waals surface area contributed by atoms with Crippen molar-refractivity contribution in [3.05, 3.63) is 101 Å². The highest BCUT2D eigenvalue weighted by Gasteiger charge is 2.34. The van der Waals surface area contributed by atoms with Crippen molar-refractivity contribution in [3.63, 3.8) is 0 Å². The van der Waals surface area contributed by atoms with Crippen LogP contribution in [-0.4, -0.2) is 47.5 Å². The molecule has 0 radical (unpaired) electrons. The fourth-order valence-electron chi connectivity index (χ4n) is 5.69. The van der Waals surface area contributed by atoms with Crippen LogP contribution >= 0.6 is 0 Å². The van der Waals surface area contributed by atoms with Gasteiger partial charge in [-0.05, 0) is 78.8 Å². The van der Waals surface area contributed by atoms with Crippen molar-refractivity contribution in [2.24, 2.45) is 11.7 Å². The van der Waals surface area contributed by atoms with Crippen LogP contribution in [0.1, 0.15) is 61.3 Å². The van der Waals surface area contributed by atoms with E-state index in [0.717, 1.165) is 30.4 Å². The molecule has 0 spiro atoms. The number of carbonyl (C=O) groups is 3. The number of nitrogens with zero attached hydrogens (tertiary/aromatic N) is 2. The van der Waals surface area contributed by atoms with E-state index in [2.05, 4.69) is 5.32 Å². The van der Waals surface area contributed by atoms with Crippen molar-refractivity contribution < 1.29 is 28.3 Å². The molecule has 3 aromatic rings. The molecule has 1 aliphatic carbocycles. The Kier molecular flexibility index (Phi) is 10.8. The molecule has 228 valence electrons. The normalized spacial score (nSPS) is 17.1. The van der Waals surface area contributed by atoms with Crippen molar-refractivity contribution in [1.82, 2.24) is 10.2 Å². The summed E-state index contributed by atoms with van der Waals surface area (Å²) < 4.78 is 27.0. The predicted molar refractivity (Wildman–Crippen MR) is 160 cm³/mol. The summed E-state index contributed by atoms with van der Waals surface area (Å²) >= 11 is 0. The van der Waals surface area contributed by atoms with Gasteiger partial charge in [-0.15, -0.1) is 0 Å². The Morgan fingerprint density at radius 1 is 0.930 bits per heavy atom. The summed E-state index contributed by atoms with van der Waals surface area (Å²) in [4.78, 5) is 42.1. The highest BCUT2D eigenvalue weighted by Crippen LogP contribution is 2.38. The number of amides is 4. The highest BCUT2D eigenvalue weighted by molar-refractivity contribution is 5.92. The standard InChI is InChI=1S/C33H38F2N4O4/c1-2-38(19-20-40)33(43)39(27-17-15-26(35)16-18-27)21-22-7-9-23(10-8-22)28-5-3-4-6-29(28)32(42)37-30(31(36)41)24-11-13-25(34)14-12-24/h7-18,28-30,40H,2-6,19-21H2,1H3,(H2,36,41)(H,37,42)/t28-,29?,30-/m0/s1. The van der Waals surface area contributed by atoms with Gasteiger partial charge in [-0.3, -0.25) is 14.5 Å². The second-order valence-corrected chi connectivity index (χ2v) is 10.8. The van der Waals surface area contributed by atoms with E-state index < -0.39 is 23.6 Å². The molecule has 8 nitrogen and oxygen atoms in total. The number of nitrogens with two attached hydrogens (primary N) is 1. The lowest BCUT2D eigenvalue weighted by atomic mass is 9.74. The SMILES string of the molecule is CCN(CCO)C(=O)N(Cc1ccc([C@@H]2CCCCC2C(=O)N[C@H](C(N)=O)c2ccc(F)cc2)cc1)c1ccc(F)cc1. The summed E-state index contributed by atoms with van der Waals surface area (Å²) in [6.07, 6.45) is 3.28. The molecule has 4 amide bonds. The van der Waals surface area contributed by atoms with E-state index in [1.807, 2.05) is 31.2 Å². The van der Waals surface area contributed by atoms with Crippen molar-refractivity contribution in [1.29, 1.82) is 0 Å². The Hall–Kier alpha value is -4.31. The molecular formula is C33H38F2N4O4. The Morgan fingerprint density at radius 2 is 1.53 bits per heavy atom. The molecule has 10 heteroatoms. The minimum Gasteiger partial charge on any atom is -0.395 e. The van der Waals surface area contributed by atoms with Crippen LogP contribution in [0.25, 0.3) is 0 Å². The second kappa shape index (κ2) is 14.7. The molecule has 1 fully saturated rings. The topological polar surface area (TPSA) is 116 Å². The number of carbonyl (C=O) groups excluding carboxylic acids is 3. The molecule has 0 bridgehead atoms. The molecule has 1 saturated carbocycles. The van der Waals surface area contributed by atoms with Crippen LogP contribution in [0.15, 0.2) is 72.8 Å². The number of rotatable bonds is 11. The summed E-state index contributed by atoms with van der Waals surface area (Å²) in [5.74, 6) is -2.33. The number of primary amides is 1. The van der Waals surface area contributed by atoms with Gasteiger partial charge in [-0.1, -0.05) is 49.2 Å². The molecule has 0 aromatic heterocycles. The van der Waals surface area contributed by atoms with Gasteiger partial charge in [0.1, 0.15) is 17.7 Å². The lowest BCUT2D eigenvalue weighted by molar-refractivity contribution is -0.131.